The highest BCUT2D eigenvalue weighted by Gasteiger charge is 2.64. The monoisotopic (exact) mass is 366 g/mol. The van der Waals surface area contributed by atoms with E-state index in [0.29, 0.717) is 31.6 Å². The number of rotatable bonds is 3. The molecule has 0 spiro atoms. The zero-order valence-corrected chi connectivity index (χ0v) is 15.4. The highest BCUT2D eigenvalue weighted by Crippen LogP contribution is 2.65. The number of fused-ring (bicyclic) bond motifs is 3. The molecule has 1 aromatic carbocycles. The van der Waals surface area contributed by atoms with E-state index in [9.17, 15) is 15.3 Å². The minimum absolute atomic E-state index is 0.0611. The van der Waals surface area contributed by atoms with E-state index in [4.69, 9.17) is 0 Å². The summed E-state index contributed by atoms with van der Waals surface area (Å²) < 4.78 is 2.16. The minimum atomic E-state index is -0.803. The molecule has 0 amide bonds. The van der Waals surface area contributed by atoms with Gasteiger partial charge in [-0.15, -0.1) is 0 Å². The maximum atomic E-state index is 11.4. The fraction of sp³-hybridized carbons (Fsp3) is 0.591. The van der Waals surface area contributed by atoms with Crippen molar-refractivity contribution in [2.75, 3.05) is 0 Å². The van der Waals surface area contributed by atoms with E-state index in [-0.39, 0.29) is 11.5 Å². The maximum Gasteiger partial charge on any atom is 0.0956 e. The molecule has 2 heterocycles. The summed E-state index contributed by atoms with van der Waals surface area (Å²) in [4.78, 5) is 4.32. The molecule has 3 N–H and O–H groups in total. The molecule has 5 aliphatic rings. The Kier molecular flexibility index (Phi) is 3.03. The van der Waals surface area contributed by atoms with Gasteiger partial charge in [0, 0.05) is 17.4 Å². The second kappa shape index (κ2) is 5.02. The Morgan fingerprint density at radius 1 is 1.07 bits per heavy atom. The van der Waals surface area contributed by atoms with Crippen LogP contribution in [0.2, 0.25) is 0 Å². The van der Waals surface area contributed by atoms with Gasteiger partial charge in [0.2, 0.25) is 0 Å². The summed E-state index contributed by atoms with van der Waals surface area (Å²) in [6.45, 7) is 0. The Hall–Kier alpha value is -1.69. The summed E-state index contributed by atoms with van der Waals surface area (Å²) in [6.07, 6.45) is 7.98. The molecule has 4 atom stereocenters. The van der Waals surface area contributed by atoms with Gasteiger partial charge in [-0.2, -0.15) is 0 Å². The van der Waals surface area contributed by atoms with E-state index >= 15 is 0 Å². The maximum absolute atomic E-state index is 11.4. The lowest BCUT2D eigenvalue weighted by atomic mass is 9.44. The summed E-state index contributed by atoms with van der Waals surface area (Å²) in [5, 5.41) is 33.5. The number of aliphatic hydroxyl groups excluding tert-OH is 1. The molecular formula is C22H26N2O3. The third kappa shape index (κ3) is 2.19. The zero-order valence-electron chi connectivity index (χ0n) is 15.4. The number of aliphatic hydroxyl groups is 3. The van der Waals surface area contributed by atoms with E-state index < -0.39 is 17.3 Å². The van der Waals surface area contributed by atoms with Crippen LogP contribution in [0.4, 0.5) is 0 Å². The predicted molar refractivity (Wildman–Crippen MR) is 100.0 cm³/mol. The SMILES string of the molecule is O[C@@H](C[C@@H]1c2ccccc2-c2cncn21)C12CC3CC(O)(CC(O)(C3)C1)C2. The van der Waals surface area contributed by atoms with Gasteiger partial charge in [0.1, 0.15) is 0 Å². The largest absolute Gasteiger partial charge is 0.392 e. The predicted octanol–water partition coefficient (Wildman–Crippen LogP) is 2.65. The molecule has 2 aromatic rings. The Morgan fingerprint density at radius 3 is 2.56 bits per heavy atom. The summed E-state index contributed by atoms with van der Waals surface area (Å²) in [5.74, 6) is 0.325. The van der Waals surface area contributed by atoms with Crippen LogP contribution < -0.4 is 0 Å². The van der Waals surface area contributed by atoms with Crippen LogP contribution >= 0.6 is 0 Å². The lowest BCUT2D eigenvalue weighted by Crippen LogP contribution is -2.65. The summed E-state index contributed by atoms with van der Waals surface area (Å²) in [5.41, 5.74) is 1.55. The van der Waals surface area contributed by atoms with Gasteiger partial charge in [0.25, 0.3) is 0 Å². The molecule has 0 saturated heterocycles. The molecule has 27 heavy (non-hydrogen) atoms. The van der Waals surface area contributed by atoms with E-state index in [1.54, 1.807) is 0 Å². The van der Waals surface area contributed by atoms with Crippen LogP contribution in [-0.4, -0.2) is 42.2 Å². The van der Waals surface area contributed by atoms with Gasteiger partial charge < -0.3 is 19.9 Å². The van der Waals surface area contributed by atoms with Crippen molar-refractivity contribution in [3.63, 3.8) is 0 Å². The van der Waals surface area contributed by atoms with Crippen LogP contribution in [0, 0.1) is 11.3 Å². The van der Waals surface area contributed by atoms with Crippen molar-refractivity contribution in [2.24, 2.45) is 11.3 Å². The van der Waals surface area contributed by atoms with Crippen LogP contribution in [0.3, 0.4) is 0 Å². The van der Waals surface area contributed by atoms with Gasteiger partial charge in [-0.25, -0.2) is 4.98 Å². The highest BCUT2D eigenvalue weighted by molar-refractivity contribution is 5.68. The Balaban J connectivity index is 1.35. The summed E-state index contributed by atoms with van der Waals surface area (Å²) in [7, 11) is 0. The van der Waals surface area contributed by atoms with Crippen LogP contribution in [0.25, 0.3) is 11.3 Å². The third-order valence-electron chi connectivity index (χ3n) is 7.80. The average molecular weight is 366 g/mol. The van der Waals surface area contributed by atoms with Gasteiger partial charge in [0.15, 0.2) is 0 Å². The first-order chi connectivity index (χ1) is 12.9. The van der Waals surface area contributed by atoms with Gasteiger partial charge in [0.05, 0.1) is 41.6 Å². The summed E-state index contributed by atoms with van der Waals surface area (Å²) in [6, 6.07) is 8.41. The minimum Gasteiger partial charge on any atom is -0.392 e. The van der Waals surface area contributed by atoms with Crippen LogP contribution in [0.15, 0.2) is 36.8 Å². The Morgan fingerprint density at radius 2 is 1.81 bits per heavy atom. The smallest absolute Gasteiger partial charge is 0.0956 e. The van der Waals surface area contributed by atoms with E-state index in [1.165, 1.54) is 11.1 Å². The summed E-state index contributed by atoms with van der Waals surface area (Å²) >= 11 is 0. The second-order valence-corrected chi connectivity index (χ2v) is 9.86. The molecule has 7 rings (SSSR count). The van der Waals surface area contributed by atoms with Crippen molar-refractivity contribution in [2.45, 2.75) is 68.3 Å². The van der Waals surface area contributed by atoms with Crippen LogP contribution in [0.5, 0.6) is 0 Å². The fourth-order valence-corrected chi connectivity index (χ4v) is 7.42. The van der Waals surface area contributed by atoms with Crippen molar-refractivity contribution in [3.05, 3.63) is 42.4 Å². The standard InChI is InChI=1S/C22H26N2O3/c25-19(20-6-14-7-21(26,10-20)12-22(27,8-14)11-20)5-17-15-3-1-2-4-16(15)18-9-23-13-24(17)18/h1-4,9,13-14,17,19,25-27H,5-8,10-12H2/t14?,17-,19+,20?,21?,22?/m1/s1. The Bertz CT molecular complexity index is 904. The molecular weight excluding hydrogens is 340 g/mol. The first-order valence-electron chi connectivity index (χ1n) is 10.1. The van der Waals surface area contributed by atoms with E-state index in [1.807, 2.05) is 24.7 Å². The number of aromatic nitrogens is 2. The lowest BCUT2D eigenvalue weighted by molar-refractivity contribution is -0.252. The molecule has 2 unspecified atom stereocenters. The lowest BCUT2D eigenvalue weighted by Gasteiger charge is -2.64. The molecule has 1 aliphatic heterocycles. The second-order valence-electron chi connectivity index (χ2n) is 9.86. The van der Waals surface area contributed by atoms with E-state index in [2.05, 4.69) is 21.7 Å². The number of benzene rings is 1. The molecule has 5 nitrogen and oxygen atoms in total. The van der Waals surface area contributed by atoms with Gasteiger partial charge in [-0.05, 0) is 50.0 Å². The fourth-order valence-electron chi connectivity index (χ4n) is 7.42. The van der Waals surface area contributed by atoms with Crippen molar-refractivity contribution < 1.29 is 15.3 Å². The van der Waals surface area contributed by atoms with Crippen molar-refractivity contribution >= 4 is 0 Å². The number of imidazole rings is 1. The van der Waals surface area contributed by atoms with Crippen LogP contribution in [0.1, 0.15) is 56.6 Å². The van der Waals surface area contributed by atoms with Crippen molar-refractivity contribution in [1.29, 1.82) is 0 Å². The first-order valence-corrected chi connectivity index (χ1v) is 10.1. The molecule has 4 saturated carbocycles. The Labute approximate surface area is 158 Å². The third-order valence-corrected chi connectivity index (χ3v) is 7.80. The molecule has 1 aromatic heterocycles. The van der Waals surface area contributed by atoms with Gasteiger partial charge >= 0.3 is 0 Å². The molecule has 142 valence electrons. The molecule has 5 heteroatoms. The van der Waals surface area contributed by atoms with Gasteiger partial charge in [-0.1, -0.05) is 24.3 Å². The molecule has 0 radical (unpaired) electrons. The molecule has 4 bridgehead atoms. The topological polar surface area (TPSA) is 78.5 Å². The van der Waals surface area contributed by atoms with Crippen molar-refractivity contribution in [3.8, 4) is 11.3 Å². The normalized spacial score (nSPS) is 42.2. The first kappa shape index (κ1) is 16.3. The zero-order chi connectivity index (χ0) is 18.4. The number of hydrogen-bond donors (Lipinski definition) is 3. The quantitative estimate of drug-likeness (QED) is 0.780. The molecule has 4 aliphatic carbocycles. The number of nitrogens with zero attached hydrogens (tertiary/aromatic N) is 2. The molecule has 4 fully saturated rings. The highest BCUT2D eigenvalue weighted by atomic mass is 16.3. The van der Waals surface area contributed by atoms with Crippen LogP contribution in [-0.2, 0) is 0 Å². The average Bonchev–Trinajstić information content (AvgIpc) is 3.14. The van der Waals surface area contributed by atoms with Gasteiger partial charge in [-0.3, -0.25) is 0 Å². The van der Waals surface area contributed by atoms with Crippen molar-refractivity contribution in [1.82, 2.24) is 9.55 Å². The number of hydrogen-bond acceptors (Lipinski definition) is 4. The van der Waals surface area contributed by atoms with E-state index in [0.717, 1.165) is 25.0 Å².